The molecule has 1 saturated heterocycles. The highest BCUT2D eigenvalue weighted by Crippen LogP contribution is 2.45. The van der Waals surface area contributed by atoms with Gasteiger partial charge < -0.3 is 19.9 Å². The summed E-state index contributed by atoms with van der Waals surface area (Å²) < 4.78 is 10.6. The van der Waals surface area contributed by atoms with Crippen LogP contribution in [0.15, 0.2) is 48.5 Å². The summed E-state index contributed by atoms with van der Waals surface area (Å²) in [7, 11) is 3.36. The predicted molar refractivity (Wildman–Crippen MR) is 113 cm³/mol. The molecule has 28 heavy (non-hydrogen) atoms. The van der Waals surface area contributed by atoms with Gasteiger partial charge in [0, 0.05) is 18.0 Å². The molecule has 0 amide bonds. The van der Waals surface area contributed by atoms with Gasteiger partial charge in [-0.2, -0.15) is 0 Å². The molecular formula is C24H33NO3. The Balaban J connectivity index is 1.92. The van der Waals surface area contributed by atoms with E-state index in [0.29, 0.717) is 6.42 Å². The van der Waals surface area contributed by atoms with Crippen molar-refractivity contribution in [2.24, 2.45) is 5.92 Å². The maximum Gasteiger partial charge on any atom is 0.118 e. The molecule has 0 aliphatic carbocycles. The zero-order valence-electron chi connectivity index (χ0n) is 17.4. The van der Waals surface area contributed by atoms with Gasteiger partial charge in [-0.1, -0.05) is 51.0 Å². The number of hydrogen-bond donors (Lipinski definition) is 2. The quantitative estimate of drug-likeness (QED) is 0.703. The zero-order valence-corrected chi connectivity index (χ0v) is 17.4. The van der Waals surface area contributed by atoms with Crippen molar-refractivity contribution in [1.29, 1.82) is 0 Å². The van der Waals surface area contributed by atoms with E-state index < -0.39 is 5.60 Å². The van der Waals surface area contributed by atoms with E-state index >= 15 is 0 Å². The first-order valence-corrected chi connectivity index (χ1v) is 10.3. The van der Waals surface area contributed by atoms with Crippen LogP contribution in [-0.2, 0) is 0 Å². The van der Waals surface area contributed by atoms with Crippen molar-refractivity contribution in [3.05, 3.63) is 59.7 Å². The van der Waals surface area contributed by atoms with E-state index in [2.05, 4.69) is 43.4 Å². The highest BCUT2D eigenvalue weighted by Gasteiger charge is 2.45. The van der Waals surface area contributed by atoms with E-state index in [4.69, 9.17) is 9.47 Å². The minimum absolute atomic E-state index is 0.0774. The Morgan fingerprint density at radius 1 is 0.964 bits per heavy atom. The van der Waals surface area contributed by atoms with Gasteiger partial charge in [0.2, 0.25) is 0 Å². The SMILES string of the molecule is CCCC[C@@]1(O)C[C@@H](c2ccc(OC)cc2)N[C@@H](c2ccc(OC)cc2)[C@@H]1C. The van der Waals surface area contributed by atoms with E-state index in [1.54, 1.807) is 14.2 Å². The topological polar surface area (TPSA) is 50.7 Å². The molecule has 1 aliphatic heterocycles. The fraction of sp³-hybridized carbons (Fsp3) is 0.500. The van der Waals surface area contributed by atoms with E-state index in [9.17, 15) is 5.11 Å². The molecule has 4 heteroatoms. The first-order valence-electron chi connectivity index (χ1n) is 10.3. The van der Waals surface area contributed by atoms with Gasteiger partial charge in [0.15, 0.2) is 0 Å². The lowest BCUT2D eigenvalue weighted by atomic mass is 9.70. The summed E-state index contributed by atoms with van der Waals surface area (Å²) in [4.78, 5) is 0. The van der Waals surface area contributed by atoms with Gasteiger partial charge >= 0.3 is 0 Å². The molecule has 1 fully saturated rings. The summed E-state index contributed by atoms with van der Waals surface area (Å²) in [5, 5.41) is 15.4. The highest BCUT2D eigenvalue weighted by molar-refractivity contribution is 5.33. The van der Waals surface area contributed by atoms with Crippen LogP contribution in [0.25, 0.3) is 0 Å². The monoisotopic (exact) mass is 383 g/mol. The highest BCUT2D eigenvalue weighted by atomic mass is 16.5. The molecule has 4 atom stereocenters. The second-order valence-electron chi connectivity index (χ2n) is 7.94. The molecule has 0 bridgehead atoms. The van der Waals surface area contributed by atoms with Crippen LogP contribution in [0.5, 0.6) is 11.5 Å². The van der Waals surface area contributed by atoms with Crippen molar-refractivity contribution in [2.75, 3.05) is 14.2 Å². The minimum atomic E-state index is -0.698. The average molecular weight is 384 g/mol. The first kappa shape index (κ1) is 20.7. The average Bonchev–Trinajstić information content (AvgIpc) is 2.74. The number of unbranched alkanes of at least 4 members (excludes halogenated alkanes) is 1. The predicted octanol–water partition coefficient (Wildman–Crippen LogP) is 5.04. The number of aliphatic hydroxyl groups is 1. The van der Waals surface area contributed by atoms with Gasteiger partial charge in [0.1, 0.15) is 11.5 Å². The van der Waals surface area contributed by atoms with Crippen molar-refractivity contribution in [1.82, 2.24) is 5.32 Å². The van der Waals surface area contributed by atoms with Gasteiger partial charge in [-0.05, 0) is 48.2 Å². The summed E-state index contributed by atoms with van der Waals surface area (Å²) in [5.41, 5.74) is 1.67. The van der Waals surface area contributed by atoms with Crippen LogP contribution in [-0.4, -0.2) is 24.9 Å². The Labute approximate surface area is 168 Å². The van der Waals surface area contributed by atoms with E-state index in [1.807, 2.05) is 24.3 Å². The molecule has 2 aromatic carbocycles. The van der Waals surface area contributed by atoms with Crippen LogP contribution in [0.1, 0.15) is 62.7 Å². The third-order valence-electron chi connectivity index (χ3n) is 6.24. The molecule has 1 heterocycles. The van der Waals surface area contributed by atoms with Crippen molar-refractivity contribution >= 4 is 0 Å². The summed E-state index contributed by atoms with van der Waals surface area (Å²) in [6.07, 6.45) is 3.66. The lowest BCUT2D eigenvalue weighted by Gasteiger charge is -2.48. The van der Waals surface area contributed by atoms with Crippen molar-refractivity contribution in [3.63, 3.8) is 0 Å². The van der Waals surface area contributed by atoms with Gasteiger partial charge in [0.25, 0.3) is 0 Å². The summed E-state index contributed by atoms with van der Waals surface area (Å²) >= 11 is 0. The number of hydrogen-bond acceptors (Lipinski definition) is 4. The lowest BCUT2D eigenvalue weighted by Crippen LogP contribution is -2.52. The smallest absolute Gasteiger partial charge is 0.118 e. The maximum atomic E-state index is 11.6. The van der Waals surface area contributed by atoms with E-state index in [0.717, 1.165) is 30.8 Å². The van der Waals surface area contributed by atoms with Crippen LogP contribution in [0.4, 0.5) is 0 Å². The normalized spacial score (nSPS) is 27.4. The van der Waals surface area contributed by atoms with Crippen LogP contribution < -0.4 is 14.8 Å². The number of benzene rings is 2. The Morgan fingerprint density at radius 2 is 1.50 bits per heavy atom. The van der Waals surface area contributed by atoms with Crippen molar-refractivity contribution < 1.29 is 14.6 Å². The number of ether oxygens (including phenoxy) is 2. The number of piperidine rings is 1. The number of nitrogens with one attached hydrogen (secondary N) is 1. The van der Waals surface area contributed by atoms with Crippen molar-refractivity contribution in [2.45, 2.75) is 57.2 Å². The summed E-state index contributed by atoms with van der Waals surface area (Å²) in [6.45, 7) is 4.35. The molecular weight excluding hydrogens is 350 g/mol. The zero-order chi connectivity index (χ0) is 20.1. The summed E-state index contributed by atoms with van der Waals surface area (Å²) in [6, 6.07) is 16.5. The van der Waals surface area contributed by atoms with E-state index in [1.165, 1.54) is 11.1 Å². The molecule has 4 nitrogen and oxygen atoms in total. The molecule has 0 unspecified atom stereocenters. The molecule has 0 aromatic heterocycles. The second-order valence-corrected chi connectivity index (χ2v) is 7.94. The van der Waals surface area contributed by atoms with Gasteiger partial charge in [0.05, 0.1) is 19.8 Å². The standard InChI is InChI=1S/C24H33NO3/c1-5-6-15-24(26)16-22(18-7-11-20(27-3)12-8-18)25-23(17(24)2)19-9-13-21(28-4)14-10-19/h7-14,17,22-23,25-26H,5-6,15-16H2,1-4H3/t17-,22-,23+,24+/m0/s1. The molecule has 0 saturated carbocycles. The fourth-order valence-corrected chi connectivity index (χ4v) is 4.33. The Kier molecular flexibility index (Phi) is 6.63. The third kappa shape index (κ3) is 4.34. The maximum absolute atomic E-state index is 11.6. The molecule has 152 valence electrons. The minimum Gasteiger partial charge on any atom is -0.497 e. The molecule has 2 N–H and O–H groups in total. The van der Waals surface area contributed by atoms with Gasteiger partial charge in [-0.15, -0.1) is 0 Å². The molecule has 2 aromatic rings. The van der Waals surface area contributed by atoms with Crippen LogP contribution in [0.2, 0.25) is 0 Å². The first-order chi connectivity index (χ1) is 13.5. The summed E-state index contributed by atoms with van der Waals surface area (Å²) in [5.74, 6) is 1.81. The fourth-order valence-electron chi connectivity index (χ4n) is 4.33. The second kappa shape index (κ2) is 8.97. The number of methoxy groups -OCH3 is 2. The Bertz CT molecular complexity index is 743. The third-order valence-corrected chi connectivity index (χ3v) is 6.24. The molecule has 0 spiro atoms. The van der Waals surface area contributed by atoms with Crippen LogP contribution >= 0.6 is 0 Å². The molecule has 3 rings (SSSR count). The Morgan fingerprint density at radius 3 is 2.00 bits per heavy atom. The van der Waals surface area contributed by atoms with Gasteiger partial charge in [-0.25, -0.2) is 0 Å². The van der Waals surface area contributed by atoms with Crippen LogP contribution in [0, 0.1) is 5.92 Å². The molecule has 1 aliphatic rings. The lowest BCUT2D eigenvalue weighted by molar-refractivity contribution is -0.0752. The van der Waals surface area contributed by atoms with E-state index in [-0.39, 0.29) is 18.0 Å². The van der Waals surface area contributed by atoms with Crippen molar-refractivity contribution in [3.8, 4) is 11.5 Å². The number of rotatable bonds is 7. The largest absolute Gasteiger partial charge is 0.497 e. The Hall–Kier alpha value is -2.04. The molecule has 0 radical (unpaired) electrons. The van der Waals surface area contributed by atoms with Crippen LogP contribution in [0.3, 0.4) is 0 Å². The van der Waals surface area contributed by atoms with Gasteiger partial charge in [-0.3, -0.25) is 0 Å².